The second-order valence-electron chi connectivity index (χ2n) is 5.15. The molecule has 0 bridgehead atoms. The van der Waals surface area contributed by atoms with Crippen LogP contribution in [-0.4, -0.2) is 23.1 Å². The maximum absolute atomic E-state index is 11.9. The third-order valence-electron chi connectivity index (χ3n) is 3.76. The highest BCUT2D eigenvalue weighted by Gasteiger charge is 2.30. The van der Waals surface area contributed by atoms with Crippen LogP contribution in [0.1, 0.15) is 31.7 Å². The summed E-state index contributed by atoms with van der Waals surface area (Å²) in [5.74, 6) is -1.10. The molecule has 1 aliphatic carbocycles. The van der Waals surface area contributed by atoms with Crippen LogP contribution in [0, 0.1) is 5.92 Å². The minimum Gasteiger partial charge on any atom is -0.481 e. The van der Waals surface area contributed by atoms with E-state index in [1.807, 2.05) is 31.2 Å². The number of carboxylic acids is 1. The summed E-state index contributed by atoms with van der Waals surface area (Å²) in [5, 5.41) is 14.6. The largest absolute Gasteiger partial charge is 0.481 e. The van der Waals surface area contributed by atoms with Gasteiger partial charge in [0.25, 0.3) is 0 Å². The van der Waals surface area contributed by atoms with Crippen molar-refractivity contribution in [1.29, 1.82) is 0 Å². The number of hydrogen-bond donors (Lipinski definition) is 3. The van der Waals surface area contributed by atoms with Gasteiger partial charge in [-0.05, 0) is 37.3 Å². The molecule has 0 radical (unpaired) electrons. The summed E-state index contributed by atoms with van der Waals surface area (Å²) < 4.78 is 0. The Labute approximate surface area is 118 Å². The van der Waals surface area contributed by atoms with Gasteiger partial charge >= 0.3 is 12.0 Å². The van der Waals surface area contributed by atoms with Gasteiger partial charge in [0.05, 0.1) is 5.92 Å². The lowest BCUT2D eigenvalue weighted by Crippen LogP contribution is -2.36. The Hall–Kier alpha value is -2.04. The van der Waals surface area contributed by atoms with E-state index in [-0.39, 0.29) is 18.0 Å². The molecule has 1 aliphatic rings. The summed E-state index contributed by atoms with van der Waals surface area (Å²) in [4.78, 5) is 22.8. The van der Waals surface area contributed by atoms with Crippen molar-refractivity contribution in [1.82, 2.24) is 5.32 Å². The number of para-hydroxylation sites is 1. The molecule has 0 heterocycles. The number of aryl methyl sites for hydroxylation is 1. The fourth-order valence-corrected chi connectivity index (χ4v) is 2.63. The molecule has 1 aromatic carbocycles. The molecule has 2 rings (SSSR count). The molecule has 2 atom stereocenters. The molecule has 1 saturated carbocycles. The number of aliphatic carboxylic acids is 1. The van der Waals surface area contributed by atoms with Gasteiger partial charge in [0.1, 0.15) is 0 Å². The molecule has 1 fully saturated rings. The highest BCUT2D eigenvalue weighted by atomic mass is 16.4. The zero-order valence-electron chi connectivity index (χ0n) is 11.6. The predicted octanol–water partition coefficient (Wildman–Crippen LogP) is 2.62. The average molecular weight is 276 g/mol. The van der Waals surface area contributed by atoms with Crippen LogP contribution < -0.4 is 10.6 Å². The van der Waals surface area contributed by atoms with Gasteiger partial charge in [0.15, 0.2) is 0 Å². The number of benzene rings is 1. The molecule has 0 aromatic heterocycles. The topological polar surface area (TPSA) is 78.4 Å². The van der Waals surface area contributed by atoms with Crippen LogP contribution in [0.2, 0.25) is 0 Å². The van der Waals surface area contributed by atoms with Crippen LogP contribution in [0.25, 0.3) is 0 Å². The van der Waals surface area contributed by atoms with E-state index in [1.54, 1.807) is 0 Å². The van der Waals surface area contributed by atoms with Crippen molar-refractivity contribution in [2.24, 2.45) is 5.92 Å². The lowest BCUT2D eigenvalue weighted by molar-refractivity contribution is -0.141. The first-order valence-electron chi connectivity index (χ1n) is 6.98. The molecule has 0 saturated heterocycles. The van der Waals surface area contributed by atoms with Gasteiger partial charge in [-0.2, -0.15) is 0 Å². The van der Waals surface area contributed by atoms with E-state index in [0.29, 0.717) is 12.8 Å². The third kappa shape index (κ3) is 3.50. The zero-order chi connectivity index (χ0) is 14.5. The zero-order valence-corrected chi connectivity index (χ0v) is 11.6. The number of carboxylic acid groups (broad SMARTS) is 1. The van der Waals surface area contributed by atoms with Gasteiger partial charge < -0.3 is 15.7 Å². The molecule has 20 heavy (non-hydrogen) atoms. The van der Waals surface area contributed by atoms with E-state index < -0.39 is 5.97 Å². The number of nitrogens with one attached hydrogen (secondary N) is 2. The second-order valence-corrected chi connectivity index (χ2v) is 5.15. The van der Waals surface area contributed by atoms with Crippen molar-refractivity contribution in [3.8, 4) is 0 Å². The van der Waals surface area contributed by atoms with Crippen LogP contribution in [0.4, 0.5) is 10.5 Å². The lowest BCUT2D eigenvalue weighted by atomic mass is 10.1. The van der Waals surface area contributed by atoms with Gasteiger partial charge in [-0.3, -0.25) is 4.79 Å². The minimum absolute atomic E-state index is 0.0510. The summed E-state index contributed by atoms with van der Waals surface area (Å²) in [7, 11) is 0. The van der Waals surface area contributed by atoms with E-state index in [2.05, 4.69) is 10.6 Å². The van der Waals surface area contributed by atoms with E-state index >= 15 is 0 Å². The highest BCUT2D eigenvalue weighted by Crippen LogP contribution is 2.25. The molecular formula is C15H20N2O3. The number of rotatable bonds is 4. The van der Waals surface area contributed by atoms with Gasteiger partial charge in [-0.1, -0.05) is 25.1 Å². The molecule has 3 N–H and O–H groups in total. The summed E-state index contributed by atoms with van der Waals surface area (Å²) >= 11 is 0. The Bertz CT molecular complexity index is 502. The molecule has 2 unspecified atom stereocenters. The van der Waals surface area contributed by atoms with E-state index in [4.69, 9.17) is 5.11 Å². The van der Waals surface area contributed by atoms with Crippen molar-refractivity contribution in [2.45, 2.75) is 38.6 Å². The Morgan fingerprint density at radius 1 is 1.30 bits per heavy atom. The van der Waals surface area contributed by atoms with Crippen LogP contribution >= 0.6 is 0 Å². The number of urea groups is 1. The Kier molecular flexibility index (Phi) is 4.61. The van der Waals surface area contributed by atoms with Gasteiger partial charge in [0.2, 0.25) is 0 Å². The number of amides is 2. The van der Waals surface area contributed by atoms with Crippen LogP contribution in [0.5, 0.6) is 0 Å². The summed E-state index contributed by atoms with van der Waals surface area (Å²) in [5.41, 5.74) is 1.89. The number of anilines is 1. The first-order valence-corrected chi connectivity index (χ1v) is 6.98. The van der Waals surface area contributed by atoms with Crippen molar-refractivity contribution >= 4 is 17.7 Å². The highest BCUT2D eigenvalue weighted by molar-refractivity contribution is 5.90. The summed E-state index contributed by atoms with van der Waals surface area (Å²) in [6.45, 7) is 2.03. The van der Waals surface area contributed by atoms with Crippen molar-refractivity contribution in [3.63, 3.8) is 0 Å². The molecule has 1 aromatic rings. The van der Waals surface area contributed by atoms with E-state index in [1.165, 1.54) is 0 Å². The fraction of sp³-hybridized carbons (Fsp3) is 0.467. The molecule has 5 heteroatoms. The van der Waals surface area contributed by atoms with E-state index in [9.17, 15) is 9.59 Å². The Morgan fingerprint density at radius 3 is 2.70 bits per heavy atom. The number of carbonyl (C=O) groups excluding carboxylic acids is 1. The summed E-state index contributed by atoms with van der Waals surface area (Å²) in [6, 6.07) is 7.35. The maximum atomic E-state index is 11.9. The molecular weight excluding hydrogens is 256 g/mol. The molecule has 108 valence electrons. The number of carbonyl (C=O) groups is 2. The van der Waals surface area contributed by atoms with Crippen molar-refractivity contribution < 1.29 is 14.7 Å². The Morgan fingerprint density at radius 2 is 2.05 bits per heavy atom. The number of hydrogen-bond acceptors (Lipinski definition) is 2. The normalized spacial score (nSPS) is 21.4. The first-order chi connectivity index (χ1) is 9.60. The van der Waals surface area contributed by atoms with E-state index in [0.717, 1.165) is 24.1 Å². The van der Waals surface area contributed by atoms with Crippen molar-refractivity contribution in [3.05, 3.63) is 29.8 Å². The molecule has 5 nitrogen and oxygen atoms in total. The summed E-state index contributed by atoms with van der Waals surface area (Å²) in [6.07, 6.45) is 2.71. The first kappa shape index (κ1) is 14.4. The quantitative estimate of drug-likeness (QED) is 0.791. The monoisotopic (exact) mass is 276 g/mol. The van der Waals surface area contributed by atoms with Gasteiger partial charge in [0, 0.05) is 11.7 Å². The maximum Gasteiger partial charge on any atom is 0.319 e. The standard InChI is InChI=1S/C15H20N2O3/c1-2-10-5-3-4-6-13(10)17-15(20)16-12-8-7-11(9-12)14(18)19/h3-6,11-12H,2,7-9H2,1H3,(H,18,19)(H2,16,17,20). The van der Waals surface area contributed by atoms with Crippen LogP contribution in [0.3, 0.4) is 0 Å². The minimum atomic E-state index is -0.772. The SMILES string of the molecule is CCc1ccccc1NC(=O)NC1CCC(C(=O)O)C1. The van der Waals surface area contributed by atoms with Crippen molar-refractivity contribution in [2.75, 3.05) is 5.32 Å². The van der Waals surface area contributed by atoms with Crippen LogP contribution in [-0.2, 0) is 11.2 Å². The second kappa shape index (κ2) is 6.41. The predicted molar refractivity (Wildman–Crippen MR) is 76.7 cm³/mol. The fourth-order valence-electron chi connectivity index (χ4n) is 2.63. The Balaban J connectivity index is 1.89. The molecule has 0 spiro atoms. The third-order valence-corrected chi connectivity index (χ3v) is 3.76. The van der Waals surface area contributed by atoms with Gasteiger partial charge in [-0.25, -0.2) is 4.79 Å². The van der Waals surface area contributed by atoms with Gasteiger partial charge in [-0.15, -0.1) is 0 Å². The molecule has 0 aliphatic heterocycles. The lowest BCUT2D eigenvalue weighted by Gasteiger charge is -2.15. The van der Waals surface area contributed by atoms with Crippen LogP contribution in [0.15, 0.2) is 24.3 Å². The molecule has 2 amide bonds. The average Bonchev–Trinajstić information content (AvgIpc) is 2.88. The smallest absolute Gasteiger partial charge is 0.319 e.